The van der Waals surface area contributed by atoms with Gasteiger partial charge in [0.1, 0.15) is 11.4 Å². The Balaban J connectivity index is 1.32. The van der Waals surface area contributed by atoms with Gasteiger partial charge in [0.25, 0.3) is 0 Å². The van der Waals surface area contributed by atoms with E-state index < -0.39 is 0 Å². The zero-order valence-corrected chi connectivity index (χ0v) is 17.3. The van der Waals surface area contributed by atoms with Gasteiger partial charge in [0.2, 0.25) is 11.9 Å². The van der Waals surface area contributed by atoms with Gasteiger partial charge in [-0.1, -0.05) is 24.3 Å². The molecule has 1 fully saturated rings. The van der Waals surface area contributed by atoms with Crippen molar-refractivity contribution in [2.45, 2.75) is 37.3 Å². The van der Waals surface area contributed by atoms with Gasteiger partial charge in [0.15, 0.2) is 0 Å². The summed E-state index contributed by atoms with van der Waals surface area (Å²) in [6.45, 7) is 1.64. The van der Waals surface area contributed by atoms with Gasteiger partial charge in [-0.3, -0.25) is 9.78 Å². The number of aromatic nitrogens is 3. The van der Waals surface area contributed by atoms with Gasteiger partial charge in [-0.2, -0.15) is 0 Å². The number of piperidine rings is 1. The van der Waals surface area contributed by atoms with Crippen LogP contribution in [0.5, 0.6) is 5.75 Å². The third-order valence-electron chi connectivity index (χ3n) is 6.11. The second kappa shape index (κ2) is 8.34. The molecule has 1 spiro atoms. The number of fused-ring (bicyclic) bond motifs is 1. The van der Waals surface area contributed by atoms with Crippen LogP contribution in [0, 0.1) is 0 Å². The van der Waals surface area contributed by atoms with Crippen LogP contribution in [0.1, 0.15) is 36.6 Å². The molecule has 2 aliphatic rings. The number of amides is 1. The highest BCUT2D eigenvalue weighted by molar-refractivity contribution is 5.78. The highest BCUT2D eigenvalue weighted by atomic mass is 16.5. The average molecular weight is 415 g/mol. The van der Waals surface area contributed by atoms with Crippen LogP contribution in [0.3, 0.4) is 0 Å². The predicted molar refractivity (Wildman–Crippen MR) is 117 cm³/mol. The van der Waals surface area contributed by atoms with Crippen LogP contribution in [-0.4, -0.2) is 39.5 Å². The van der Waals surface area contributed by atoms with Crippen LogP contribution in [-0.2, 0) is 11.2 Å². The maximum Gasteiger partial charge on any atom is 0.226 e. The molecule has 7 nitrogen and oxygen atoms in total. The summed E-state index contributed by atoms with van der Waals surface area (Å²) >= 11 is 0. The minimum Gasteiger partial charge on any atom is -0.487 e. The Hall–Kier alpha value is -3.48. The molecule has 7 heteroatoms. The lowest BCUT2D eigenvalue weighted by atomic mass is 9.80. The lowest BCUT2D eigenvalue weighted by Gasteiger charge is -2.47. The van der Waals surface area contributed by atoms with Crippen LogP contribution in [0.2, 0.25) is 0 Å². The van der Waals surface area contributed by atoms with Crippen molar-refractivity contribution < 1.29 is 9.53 Å². The third kappa shape index (κ3) is 4.21. The number of carbonyl (C=O) groups is 1. The molecule has 5 rings (SSSR count). The van der Waals surface area contributed by atoms with Crippen molar-refractivity contribution in [1.29, 1.82) is 0 Å². The van der Waals surface area contributed by atoms with Crippen molar-refractivity contribution in [3.05, 3.63) is 78.4 Å². The number of pyridine rings is 1. The molecule has 4 heterocycles. The summed E-state index contributed by atoms with van der Waals surface area (Å²) in [5.41, 5.74) is 1.50. The number of hydrogen-bond acceptors (Lipinski definition) is 6. The minimum absolute atomic E-state index is 0.0225. The Kier molecular flexibility index (Phi) is 5.24. The van der Waals surface area contributed by atoms with Gasteiger partial charge in [-0.15, -0.1) is 0 Å². The number of nitrogens with zero attached hydrogens (tertiary/aromatic N) is 4. The van der Waals surface area contributed by atoms with E-state index in [9.17, 15) is 4.79 Å². The van der Waals surface area contributed by atoms with Crippen LogP contribution in [0.25, 0.3) is 0 Å². The second-order valence-electron chi connectivity index (χ2n) is 8.18. The van der Waals surface area contributed by atoms with Crippen LogP contribution in [0.15, 0.2) is 67.1 Å². The van der Waals surface area contributed by atoms with Crippen molar-refractivity contribution in [3.63, 3.8) is 0 Å². The zero-order chi connectivity index (χ0) is 21.1. The topological polar surface area (TPSA) is 80.2 Å². The molecular weight excluding hydrogens is 390 g/mol. The SMILES string of the molecule is O=C(Cc1ccccn1)NC1CC2(CCN(c3ncccn3)CC2)Oc2ccccc21. The van der Waals surface area contributed by atoms with Crippen molar-refractivity contribution in [1.82, 2.24) is 20.3 Å². The van der Waals surface area contributed by atoms with Crippen molar-refractivity contribution in [2.75, 3.05) is 18.0 Å². The lowest BCUT2D eigenvalue weighted by Crippen LogP contribution is -2.52. The fraction of sp³-hybridized carbons (Fsp3) is 0.333. The van der Waals surface area contributed by atoms with E-state index in [1.54, 1.807) is 18.6 Å². The molecule has 2 aliphatic heterocycles. The molecule has 3 aromatic rings. The number of nitrogens with one attached hydrogen (secondary N) is 1. The molecule has 158 valence electrons. The van der Waals surface area contributed by atoms with Crippen molar-refractivity contribution >= 4 is 11.9 Å². The summed E-state index contributed by atoms with van der Waals surface area (Å²) in [5, 5.41) is 3.24. The Labute approximate surface area is 181 Å². The van der Waals surface area contributed by atoms with E-state index in [4.69, 9.17) is 4.74 Å². The van der Waals surface area contributed by atoms with Crippen LogP contribution in [0.4, 0.5) is 5.95 Å². The first kappa shape index (κ1) is 19.5. The molecule has 0 aliphatic carbocycles. The molecule has 1 aromatic carbocycles. The summed E-state index contributed by atoms with van der Waals surface area (Å²) in [4.78, 5) is 28.0. The van der Waals surface area contributed by atoms with E-state index in [1.165, 1.54) is 0 Å². The highest BCUT2D eigenvalue weighted by Crippen LogP contribution is 2.44. The maximum absolute atomic E-state index is 12.8. The number of ether oxygens (including phenoxy) is 1. The van der Waals surface area contributed by atoms with Gasteiger partial charge in [-0.25, -0.2) is 9.97 Å². The Morgan fingerprint density at radius 1 is 1.00 bits per heavy atom. The molecule has 0 bridgehead atoms. The number of carbonyl (C=O) groups excluding carboxylic acids is 1. The quantitative estimate of drug-likeness (QED) is 0.705. The summed E-state index contributed by atoms with van der Waals surface area (Å²) in [6.07, 6.45) is 7.98. The predicted octanol–water partition coefficient (Wildman–Crippen LogP) is 3.09. The van der Waals surface area contributed by atoms with E-state index in [1.807, 2.05) is 48.5 Å². The summed E-state index contributed by atoms with van der Waals surface area (Å²) < 4.78 is 6.54. The number of rotatable bonds is 4. The Morgan fingerprint density at radius 2 is 1.74 bits per heavy atom. The molecule has 1 amide bonds. The Morgan fingerprint density at radius 3 is 2.52 bits per heavy atom. The van der Waals surface area contributed by atoms with Crippen LogP contribution >= 0.6 is 0 Å². The van der Waals surface area contributed by atoms with E-state index in [2.05, 4.69) is 25.2 Å². The minimum atomic E-state index is -0.303. The largest absolute Gasteiger partial charge is 0.487 e. The molecule has 0 saturated carbocycles. The zero-order valence-electron chi connectivity index (χ0n) is 17.3. The summed E-state index contributed by atoms with van der Waals surface area (Å²) in [5.74, 6) is 1.60. The highest BCUT2D eigenvalue weighted by Gasteiger charge is 2.44. The first-order valence-electron chi connectivity index (χ1n) is 10.7. The van der Waals surface area contributed by atoms with Crippen molar-refractivity contribution in [3.8, 4) is 5.75 Å². The lowest BCUT2D eigenvalue weighted by molar-refractivity contribution is -0.122. The van der Waals surface area contributed by atoms with Gasteiger partial charge in [-0.05, 0) is 24.3 Å². The van der Waals surface area contributed by atoms with Gasteiger partial charge >= 0.3 is 0 Å². The van der Waals surface area contributed by atoms with E-state index in [-0.39, 0.29) is 24.0 Å². The number of anilines is 1. The average Bonchev–Trinajstić information content (AvgIpc) is 2.81. The van der Waals surface area contributed by atoms with E-state index in [0.717, 1.165) is 55.3 Å². The Bertz CT molecular complexity index is 1040. The van der Waals surface area contributed by atoms with Crippen LogP contribution < -0.4 is 15.0 Å². The third-order valence-corrected chi connectivity index (χ3v) is 6.11. The van der Waals surface area contributed by atoms with Crippen molar-refractivity contribution in [2.24, 2.45) is 0 Å². The fourth-order valence-corrected chi connectivity index (χ4v) is 4.53. The maximum atomic E-state index is 12.8. The number of hydrogen-bond donors (Lipinski definition) is 1. The molecule has 0 radical (unpaired) electrons. The number of benzene rings is 1. The van der Waals surface area contributed by atoms with E-state index in [0.29, 0.717) is 0 Å². The summed E-state index contributed by atoms with van der Waals surface area (Å²) in [7, 11) is 0. The summed E-state index contributed by atoms with van der Waals surface area (Å²) in [6, 6.07) is 15.4. The normalized spacial score (nSPS) is 19.4. The van der Waals surface area contributed by atoms with Gasteiger partial charge < -0.3 is 15.0 Å². The molecular formula is C24H25N5O2. The number of para-hydroxylation sites is 1. The smallest absolute Gasteiger partial charge is 0.226 e. The molecule has 31 heavy (non-hydrogen) atoms. The molecule has 1 unspecified atom stereocenters. The van der Waals surface area contributed by atoms with E-state index >= 15 is 0 Å². The molecule has 2 aromatic heterocycles. The molecule has 1 N–H and O–H groups in total. The van der Waals surface area contributed by atoms with Gasteiger partial charge in [0.05, 0.1) is 12.5 Å². The first-order valence-corrected chi connectivity index (χ1v) is 10.7. The monoisotopic (exact) mass is 415 g/mol. The fourth-order valence-electron chi connectivity index (χ4n) is 4.53. The van der Waals surface area contributed by atoms with Gasteiger partial charge in [0, 0.05) is 62.2 Å². The standard InChI is InChI=1S/C24H25N5O2/c30-22(16-18-6-3-4-11-25-18)28-20-17-24(31-21-8-2-1-7-19(20)21)9-14-29(15-10-24)23-26-12-5-13-27-23/h1-8,11-13,20H,9-10,14-17H2,(H,28,30). The first-order chi connectivity index (χ1) is 15.2. The second-order valence-corrected chi connectivity index (χ2v) is 8.18. The molecule has 1 atom stereocenters. The molecule has 1 saturated heterocycles.